The Morgan fingerprint density at radius 1 is 1.32 bits per heavy atom. The molecule has 0 unspecified atom stereocenters. The molecule has 3 rings (SSSR count). The molecule has 0 radical (unpaired) electrons. The molecule has 2 heterocycles. The molecule has 1 N–H and O–H groups in total. The van der Waals surface area contributed by atoms with E-state index in [1.54, 1.807) is 23.5 Å². The Morgan fingerprint density at radius 2 is 2.21 bits per heavy atom. The zero-order valence-electron chi connectivity index (χ0n) is 9.71. The summed E-state index contributed by atoms with van der Waals surface area (Å²) >= 11 is 7.50. The van der Waals surface area contributed by atoms with Gasteiger partial charge in [-0.25, -0.2) is 0 Å². The van der Waals surface area contributed by atoms with E-state index >= 15 is 0 Å². The lowest BCUT2D eigenvalue weighted by Crippen LogP contribution is -1.87. The van der Waals surface area contributed by atoms with E-state index in [2.05, 4.69) is 10.1 Å². The third-order valence-electron chi connectivity index (χ3n) is 2.58. The molecule has 0 aliphatic heterocycles. The van der Waals surface area contributed by atoms with Crippen LogP contribution in [0.1, 0.15) is 10.7 Å². The second kappa shape index (κ2) is 5.03. The quantitative estimate of drug-likeness (QED) is 0.799. The van der Waals surface area contributed by atoms with Crippen LogP contribution in [0.2, 0.25) is 5.02 Å². The number of aromatic hydroxyl groups is 1. The fraction of sp³-hybridized carbons (Fsp3) is 0.0769. The summed E-state index contributed by atoms with van der Waals surface area (Å²) in [7, 11) is 0. The molecule has 0 bridgehead atoms. The second-order valence-electron chi connectivity index (χ2n) is 3.94. The normalized spacial score (nSPS) is 10.8. The molecule has 0 aliphatic carbocycles. The molecular weight excluding hydrogens is 284 g/mol. The van der Waals surface area contributed by atoms with E-state index in [1.807, 2.05) is 17.5 Å². The minimum atomic E-state index is 0.0312. The summed E-state index contributed by atoms with van der Waals surface area (Å²) in [4.78, 5) is 5.49. The number of phenols is 1. The molecule has 19 heavy (non-hydrogen) atoms. The van der Waals surface area contributed by atoms with Crippen molar-refractivity contribution in [2.45, 2.75) is 6.42 Å². The number of phenolic OH excluding ortho intramolecular Hbond substituents is 1. The van der Waals surface area contributed by atoms with E-state index in [-0.39, 0.29) is 10.8 Å². The van der Waals surface area contributed by atoms with Crippen LogP contribution in [0.4, 0.5) is 0 Å². The third kappa shape index (κ3) is 2.62. The largest absolute Gasteiger partial charge is 0.506 e. The van der Waals surface area contributed by atoms with Crippen molar-refractivity contribution >= 4 is 22.9 Å². The van der Waals surface area contributed by atoms with Crippen LogP contribution in [0, 0.1) is 0 Å². The van der Waals surface area contributed by atoms with Gasteiger partial charge in [0.25, 0.3) is 5.89 Å². The van der Waals surface area contributed by atoms with Gasteiger partial charge < -0.3 is 9.63 Å². The Hall–Kier alpha value is -1.85. The van der Waals surface area contributed by atoms with Crippen LogP contribution in [-0.4, -0.2) is 15.2 Å². The zero-order valence-corrected chi connectivity index (χ0v) is 11.3. The zero-order chi connectivity index (χ0) is 13.2. The van der Waals surface area contributed by atoms with E-state index in [9.17, 15) is 5.11 Å². The molecule has 96 valence electrons. The van der Waals surface area contributed by atoms with Crippen molar-refractivity contribution in [2.24, 2.45) is 0 Å². The highest BCUT2D eigenvalue weighted by Crippen LogP contribution is 2.28. The first kappa shape index (κ1) is 12.2. The van der Waals surface area contributed by atoms with Gasteiger partial charge in [0.2, 0.25) is 0 Å². The Morgan fingerprint density at radius 3 is 2.95 bits per heavy atom. The van der Waals surface area contributed by atoms with Crippen molar-refractivity contribution in [1.29, 1.82) is 0 Å². The van der Waals surface area contributed by atoms with Gasteiger partial charge in [0.05, 0.1) is 5.02 Å². The van der Waals surface area contributed by atoms with Crippen LogP contribution in [0.3, 0.4) is 0 Å². The van der Waals surface area contributed by atoms with Crippen molar-refractivity contribution in [3.63, 3.8) is 0 Å². The maximum absolute atomic E-state index is 9.37. The topological polar surface area (TPSA) is 59.2 Å². The molecule has 0 amide bonds. The average Bonchev–Trinajstić information content (AvgIpc) is 3.05. The number of aromatic nitrogens is 2. The van der Waals surface area contributed by atoms with Crippen LogP contribution < -0.4 is 0 Å². The average molecular weight is 293 g/mol. The van der Waals surface area contributed by atoms with Crippen molar-refractivity contribution < 1.29 is 9.63 Å². The van der Waals surface area contributed by atoms with Gasteiger partial charge in [-0.2, -0.15) is 4.98 Å². The Bertz CT molecular complexity index is 694. The van der Waals surface area contributed by atoms with Gasteiger partial charge in [-0.05, 0) is 29.6 Å². The van der Waals surface area contributed by atoms with Crippen LogP contribution in [0.25, 0.3) is 11.5 Å². The summed E-state index contributed by atoms with van der Waals surface area (Å²) in [6.45, 7) is 0. The molecule has 0 saturated carbocycles. The SMILES string of the molecule is Oc1ccc(-c2nc(Cc3cccs3)no2)cc1Cl. The number of hydrogen-bond donors (Lipinski definition) is 1. The van der Waals surface area contributed by atoms with Crippen molar-refractivity contribution in [3.8, 4) is 17.2 Å². The Kier molecular flexibility index (Phi) is 3.23. The molecule has 0 fully saturated rings. The Labute approximate surface area is 118 Å². The number of rotatable bonds is 3. The molecule has 0 spiro atoms. The van der Waals surface area contributed by atoms with Crippen LogP contribution in [0.5, 0.6) is 5.75 Å². The fourth-order valence-electron chi connectivity index (χ4n) is 1.65. The van der Waals surface area contributed by atoms with Gasteiger partial charge in [-0.1, -0.05) is 22.8 Å². The lowest BCUT2D eigenvalue weighted by atomic mass is 10.2. The number of hydrogen-bond acceptors (Lipinski definition) is 5. The predicted molar refractivity (Wildman–Crippen MR) is 73.5 cm³/mol. The number of thiophene rings is 1. The van der Waals surface area contributed by atoms with Gasteiger partial charge in [-0.15, -0.1) is 11.3 Å². The van der Waals surface area contributed by atoms with Crippen LogP contribution >= 0.6 is 22.9 Å². The minimum absolute atomic E-state index is 0.0312. The van der Waals surface area contributed by atoms with E-state index in [4.69, 9.17) is 16.1 Å². The van der Waals surface area contributed by atoms with Crippen molar-refractivity contribution in [2.75, 3.05) is 0 Å². The summed E-state index contributed by atoms with van der Waals surface area (Å²) in [6.07, 6.45) is 0.646. The first-order valence-electron chi connectivity index (χ1n) is 5.56. The summed E-state index contributed by atoms with van der Waals surface area (Å²) in [5, 5.41) is 15.6. The summed E-state index contributed by atoms with van der Waals surface area (Å²) in [5.41, 5.74) is 0.688. The summed E-state index contributed by atoms with van der Waals surface area (Å²) in [5.74, 6) is 1.05. The standard InChI is InChI=1S/C13H9ClN2O2S/c14-10-6-8(3-4-11(10)17)13-15-12(16-18-13)7-9-2-1-5-19-9/h1-6,17H,7H2. The van der Waals surface area contributed by atoms with E-state index < -0.39 is 0 Å². The first-order chi connectivity index (χ1) is 9.22. The molecule has 3 aromatic rings. The molecule has 0 atom stereocenters. The molecule has 6 heteroatoms. The third-order valence-corrected chi connectivity index (χ3v) is 3.75. The lowest BCUT2D eigenvalue weighted by molar-refractivity contribution is 0.424. The first-order valence-corrected chi connectivity index (χ1v) is 6.82. The molecule has 4 nitrogen and oxygen atoms in total. The highest BCUT2D eigenvalue weighted by atomic mass is 35.5. The van der Waals surface area contributed by atoms with Gasteiger partial charge in [0.1, 0.15) is 5.75 Å². The maximum Gasteiger partial charge on any atom is 0.257 e. The fourth-order valence-corrected chi connectivity index (χ4v) is 2.53. The molecule has 0 saturated heterocycles. The van der Waals surface area contributed by atoms with E-state index in [1.165, 1.54) is 10.9 Å². The van der Waals surface area contributed by atoms with E-state index in [0.29, 0.717) is 23.7 Å². The molecule has 0 aliphatic rings. The number of halogens is 1. The van der Waals surface area contributed by atoms with Crippen molar-refractivity contribution in [1.82, 2.24) is 10.1 Å². The number of benzene rings is 1. The smallest absolute Gasteiger partial charge is 0.257 e. The summed E-state index contributed by atoms with van der Waals surface area (Å²) < 4.78 is 5.20. The monoisotopic (exact) mass is 292 g/mol. The van der Waals surface area contributed by atoms with Crippen LogP contribution in [-0.2, 0) is 6.42 Å². The molecular formula is C13H9ClN2O2S. The maximum atomic E-state index is 9.37. The lowest BCUT2D eigenvalue weighted by Gasteiger charge is -1.97. The molecule has 1 aromatic carbocycles. The van der Waals surface area contributed by atoms with Crippen LogP contribution in [0.15, 0.2) is 40.2 Å². The second-order valence-corrected chi connectivity index (χ2v) is 5.38. The van der Waals surface area contributed by atoms with Gasteiger partial charge in [0.15, 0.2) is 5.82 Å². The minimum Gasteiger partial charge on any atom is -0.506 e. The van der Waals surface area contributed by atoms with Gasteiger partial charge >= 0.3 is 0 Å². The predicted octanol–water partition coefficient (Wildman–Crippen LogP) is 3.75. The summed E-state index contributed by atoms with van der Waals surface area (Å²) in [6, 6.07) is 8.79. The van der Waals surface area contributed by atoms with Crippen molar-refractivity contribution in [3.05, 3.63) is 51.4 Å². The number of nitrogens with zero attached hydrogens (tertiary/aromatic N) is 2. The highest BCUT2D eigenvalue weighted by Gasteiger charge is 2.11. The Balaban J connectivity index is 1.86. The van der Waals surface area contributed by atoms with E-state index in [0.717, 1.165) is 0 Å². The van der Waals surface area contributed by atoms with Gasteiger partial charge in [0, 0.05) is 16.9 Å². The van der Waals surface area contributed by atoms with Gasteiger partial charge in [-0.3, -0.25) is 0 Å². The molecule has 2 aromatic heterocycles. The highest BCUT2D eigenvalue weighted by molar-refractivity contribution is 7.09.